The van der Waals surface area contributed by atoms with Crippen LogP contribution in [0.15, 0.2) is 28.7 Å². The van der Waals surface area contributed by atoms with Crippen LogP contribution in [0, 0.1) is 0 Å². The Kier molecular flexibility index (Phi) is 5.89. The maximum atomic E-state index is 12.5. The van der Waals surface area contributed by atoms with E-state index in [0.29, 0.717) is 0 Å². The second-order valence-corrected chi connectivity index (χ2v) is 3.65. The largest absolute Gasteiger partial charge is 0.481 e. The number of alkyl halides is 3. The van der Waals surface area contributed by atoms with Gasteiger partial charge < -0.3 is 9.52 Å². The summed E-state index contributed by atoms with van der Waals surface area (Å²) >= 11 is 0. The molecule has 1 radical (unpaired) electrons. The van der Waals surface area contributed by atoms with E-state index in [-0.39, 0.29) is 68.7 Å². The van der Waals surface area contributed by atoms with Gasteiger partial charge in [-0.1, -0.05) is 6.07 Å². The number of aromatic nitrogens is 2. The average Bonchev–Trinajstić information content (AvgIpc) is 2.76. The maximum absolute atomic E-state index is 12.5. The fourth-order valence-corrected chi connectivity index (χ4v) is 1.40. The first kappa shape index (κ1) is 17.3. The molecule has 1 N–H and O–H groups in total. The number of halogens is 3. The van der Waals surface area contributed by atoms with E-state index in [4.69, 9.17) is 9.52 Å². The fraction of sp³-hybridized carbons (Fsp3) is 0.182. The van der Waals surface area contributed by atoms with Gasteiger partial charge in [0.1, 0.15) is 6.42 Å². The molecule has 0 saturated heterocycles. The minimum atomic E-state index is -4.47. The Bertz CT molecular complexity index is 613. The number of rotatable bonds is 3. The van der Waals surface area contributed by atoms with E-state index in [9.17, 15) is 18.0 Å². The third-order valence-electron chi connectivity index (χ3n) is 2.21. The predicted octanol–water partition coefficient (Wildman–Crippen LogP) is 2.00. The molecule has 1 aromatic carbocycles. The van der Waals surface area contributed by atoms with Gasteiger partial charge in [0.15, 0.2) is 0 Å². The van der Waals surface area contributed by atoms with Crippen molar-refractivity contribution in [1.29, 1.82) is 0 Å². The van der Waals surface area contributed by atoms with Crippen LogP contribution in [0.2, 0.25) is 0 Å². The molecule has 101 valence electrons. The number of carboxylic acids is 1. The molecule has 0 aliphatic heterocycles. The van der Waals surface area contributed by atoms with Crippen LogP contribution in [-0.2, 0) is 17.4 Å². The van der Waals surface area contributed by atoms with E-state index in [1.54, 1.807) is 0 Å². The van der Waals surface area contributed by atoms with E-state index in [0.717, 1.165) is 12.1 Å². The van der Waals surface area contributed by atoms with E-state index in [1.807, 2.05) is 0 Å². The molecular weight excluding hydrogens is 304 g/mol. The molecule has 2 rings (SSSR count). The number of hydrogen-bond acceptors (Lipinski definition) is 4. The molecule has 0 amide bonds. The number of nitrogens with zero attached hydrogens (tertiary/aromatic N) is 2. The van der Waals surface area contributed by atoms with Gasteiger partial charge in [-0.2, -0.15) is 13.2 Å². The topological polar surface area (TPSA) is 76.2 Å². The zero-order valence-corrected chi connectivity index (χ0v) is 13.4. The van der Waals surface area contributed by atoms with Crippen molar-refractivity contribution in [3.8, 4) is 11.5 Å². The summed E-state index contributed by atoms with van der Waals surface area (Å²) in [6.07, 6.45) is -4.95. The molecular formula is C11H7F3KN2O3. The van der Waals surface area contributed by atoms with Gasteiger partial charge in [0.05, 0.1) is 5.56 Å². The predicted molar refractivity (Wildman–Crippen MR) is 61.8 cm³/mol. The van der Waals surface area contributed by atoms with E-state index >= 15 is 0 Å². The molecule has 0 atom stereocenters. The van der Waals surface area contributed by atoms with E-state index in [2.05, 4.69) is 10.2 Å². The van der Waals surface area contributed by atoms with Gasteiger partial charge >= 0.3 is 12.1 Å². The van der Waals surface area contributed by atoms with Crippen molar-refractivity contribution in [3.05, 3.63) is 35.7 Å². The number of carboxylic acid groups (broad SMARTS) is 1. The maximum Gasteiger partial charge on any atom is 0.416 e. The molecule has 2 aromatic rings. The van der Waals surface area contributed by atoms with Gasteiger partial charge in [-0.05, 0) is 18.2 Å². The summed E-state index contributed by atoms with van der Waals surface area (Å²) in [5, 5.41) is 15.5. The van der Waals surface area contributed by atoms with Gasteiger partial charge in [0, 0.05) is 56.9 Å². The van der Waals surface area contributed by atoms with Gasteiger partial charge in [-0.15, -0.1) is 10.2 Å². The van der Waals surface area contributed by atoms with Crippen LogP contribution >= 0.6 is 0 Å². The van der Waals surface area contributed by atoms with E-state index < -0.39 is 24.1 Å². The monoisotopic (exact) mass is 311 g/mol. The Morgan fingerprint density at radius 1 is 1.30 bits per heavy atom. The first-order chi connectivity index (χ1) is 8.86. The number of benzene rings is 1. The zero-order valence-electron chi connectivity index (χ0n) is 10.3. The van der Waals surface area contributed by atoms with Crippen LogP contribution in [0.4, 0.5) is 13.2 Å². The molecule has 0 bridgehead atoms. The zero-order chi connectivity index (χ0) is 14.0. The van der Waals surface area contributed by atoms with Crippen molar-refractivity contribution in [2.45, 2.75) is 12.6 Å². The van der Waals surface area contributed by atoms with Gasteiger partial charge in [0.2, 0.25) is 11.8 Å². The van der Waals surface area contributed by atoms with Crippen molar-refractivity contribution < 1.29 is 27.5 Å². The summed E-state index contributed by atoms with van der Waals surface area (Å²) in [5.41, 5.74) is -0.762. The van der Waals surface area contributed by atoms with Crippen LogP contribution < -0.4 is 0 Å². The van der Waals surface area contributed by atoms with Crippen molar-refractivity contribution >= 4 is 57.4 Å². The number of aliphatic carboxylic acids is 1. The number of hydrogen-bond donors (Lipinski definition) is 1. The molecule has 1 aromatic heterocycles. The normalized spacial score (nSPS) is 10.9. The minimum Gasteiger partial charge on any atom is -0.481 e. The van der Waals surface area contributed by atoms with Crippen LogP contribution in [0.5, 0.6) is 0 Å². The second-order valence-electron chi connectivity index (χ2n) is 3.65. The summed E-state index contributed by atoms with van der Waals surface area (Å²) < 4.78 is 42.5. The number of carbonyl (C=O) groups is 1. The third-order valence-corrected chi connectivity index (χ3v) is 2.21. The molecule has 0 aliphatic carbocycles. The Labute approximate surface area is 153 Å². The fourth-order valence-electron chi connectivity index (χ4n) is 1.40. The summed E-state index contributed by atoms with van der Waals surface area (Å²) in [7, 11) is 0. The smallest absolute Gasteiger partial charge is 0.416 e. The molecule has 0 unspecified atom stereocenters. The van der Waals surface area contributed by atoms with Crippen LogP contribution in [0.1, 0.15) is 11.5 Å². The molecule has 9 heteroatoms. The van der Waals surface area contributed by atoms with Crippen LogP contribution in [0.25, 0.3) is 11.5 Å². The Hall–Kier alpha value is -0.744. The van der Waals surface area contributed by atoms with Gasteiger partial charge in [-0.25, -0.2) is 0 Å². The molecule has 0 spiro atoms. The first-order valence-electron chi connectivity index (χ1n) is 5.08. The van der Waals surface area contributed by atoms with Crippen molar-refractivity contribution in [1.82, 2.24) is 10.2 Å². The van der Waals surface area contributed by atoms with Gasteiger partial charge in [-0.3, -0.25) is 4.79 Å². The van der Waals surface area contributed by atoms with Crippen LogP contribution in [0.3, 0.4) is 0 Å². The van der Waals surface area contributed by atoms with Crippen molar-refractivity contribution in [2.75, 3.05) is 0 Å². The molecule has 0 aliphatic rings. The standard InChI is InChI=1S/C11H7F3N2O3.K/c12-11(13,14)7-3-1-2-6(4-7)10-16-15-8(19-10)5-9(17)18;/h1-4H,5H2,(H,17,18);. The third kappa shape index (κ3) is 4.38. The summed E-state index contributed by atoms with van der Waals surface area (Å²) in [6.45, 7) is 0. The minimum absolute atomic E-state index is 0. The Balaban J connectivity index is 0.00000200. The molecule has 1 heterocycles. The van der Waals surface area contributed by atoms with Crippen molar-refractivity contribution in [3.63, 3.8) is 0 Å². The first-order valence-corrected chi connectivity index (χ1v) is 5.08. The average molecular weight is 311 g/mol. The SMILES string of the molecule is O=C(O)Cc1nnc(-c2cccc(C(F)(F)F)c2)o1.[K]. The molecule has 0 saturated carbocycles. The second kappa shape index (κ2) is 6.81. The molecule has 0 fully saturated rings. The molecule has 20 heavy (non-hydrogen) atoms. The van der Waals surface area contributed by atoms with E-state index in [1.165, 1.54) is 12.1 Å². The summed E-state index contributed by atoms with van der Waals surface area (Å²) in [5.74, 6) is -1.48. The van der Waals surface area contributed by atoms with Gasteiger partial charge in [0.25, 0.3) is 0 Å². The molecule has 5 nitrogen and oxygen atoms in total. The van der Waals surface area contributed by atoms with Crippen LogP contribution in [-0.4, -0.2) is 72.7 Å². The Morgan fingerprint density at radius 2 is 2.00 bits per heavy atom. The Morgan fingerprint density at radius 3 is 2.60 bits per heavy atom. The summed E-state index contributed by atoms with van der Waals surface area (Å²) in [6, 6.07) is 4.35. The van der Waals surface area contributed by atoms with Crippen molar-refractivity contribution in [2.24, 2.45) is 0 Å². The quantitative estimate of drug-likeness (QED) is 0.877. The summed E-state index contributed by atoms with van der Waals surface area (Å²) in [4.78, 5) is 10.4.